The van der Waals surface area contributed by atoms with Crippen molar-refractivity contribution in [1.29, 1.82) is 0 Å². The lowest BCUT2D eigenvalue weighted by Crippen LogP contribution is -2.31. The van der Waals surface area contributed by atoms with Crippen LogP contribution in [0.3, 0.4) is 0 Å². The van der Waals surface area contributed by atoms with Crippen LogP contribution >= 0.6 is 0 Å². The first-order valence-corrected chi connectivity index (χ1v) is 8.33. The fourth-order valence-corrected chi connectivity index (χ4v) is 3.06. The van der Waals surface area contributed by atoms with Crippen LogP contribution < -0.4 is 4.90 Å². The highest BCUT2D eigenvalue weighted by Gasteiger charge is 2.31. The Morgan fingerprint density at radius 1 is 1.29 bits per heavy atom. The Morgan fingerprint density at radius 2 is 2.17 bits per heavy atom. The Labute approximate surface area is 142 Å². The van der Waals surface area contributed by atoms with Gasteiger partial charge < -0.3 is 9.80 Å². The predicted octanol–water partition coefficient (Wildman–Crippen LogP) is 2.23. The van der Waals surface area contributed by atoms with Gasteiger partial charge in [-0.25, -0.2) is 4.98 Å². The summed E-state index contributed by atoms with van der Waals surface area (Å²) in [7, 11) is 3.89. The molecule has 6 nitrogen and oxygen atoms in total. The van der Waals surface area contributed by atoms with Crippen LogP contribution in [0.2, 0.25) is 0 Å². The number of carbonyl (C=O) groups is 1. The number of hydrogen-bond donors (Lipinski definition) is 0. The summed E-state index contributed by atoms with van der Waals surface area (Å²) in [5.41, 5.74) is 1.98. The molecule has 0 aliphatic carbocycles. The van der Waals surface area contributed by atoms with Crippen molar-refractivity contribution in [2.75, 3.05) is 25.5 Å². The minimum atomic E-state index is 0.0406. The molecular formula is C18H23N5O. The van der Waals surface area contributed by atoms with Gasteiger partial charge in [0.15, 0.2) is 0 Å². The smallest absolute Gasteiger partial charge is 0.223 e. The van der Waals surface area contributed by atoms with Gasteiger partial charge >= 0.3 is 0 Å². The van der Waals surface area contributed by atoms with E-state index < -0.39 is 0 Å². The van der Waals surface area contributed by atoms with Crippen molar-refractivity contribution >= 4 is 11.7 Å². The highest BCUT2D eigenvalue weighted by atomic mass is 16.2. The lowest BCUT2D eigenvalue weighted by atomic mass is 10.1. The van der Waals surface area contributed by atoms with Crippen molar-refractivity contribution in [2.24, 2.45) is 0 Å². The number of nitrogens with zero attached hydrogens (tertiary/aromatic N) is 5. The van der Waals surface area contributed by atoms with Gasteiger partial charge in [0.2, 0.25) is 5.91 Å². The summed E-state index contributed by atoms with van der Waals surface area (Å²) in [6.07, 6.45) is 10.3. The van der Waals surface area contributed by atoms with E-state index in [9.17, 15) is 4.79 Å². The van der Waals surface area contributed by atoms with Crippen LogP contribution in [0.1, 0.15) is 36.6 Å². The van der Waals surface area contributed by atoms with Crippen LogP contribution in [-0.2, 0) is 11.2 Å². The molecule has 1 aliphatic heterocycles. The van der Waals surface area contributed by atoms with E-state index in [1.807, 2.05) is 42.2 Å². The third-order valence-electron chi connectivity index (χ3n) is 4.36. The molecule has 3 rings (SSSR count). The predicted molar refractivity (Wildman–Crippen MR) is 92.6 cm³/mol. The van der Waals surface area contributed by atoms with Gasteiger partial charge in [-0.15, -0.1) is 0 Å². The molecule has 0 saturated carbocycles. The third kappa shape index (κ3) is 3.69. The monoisotopic (exact) mass is 325 g/mol. The molecule has 2 aromatic rings. The van der Waals surface area contributed by atoms with Crippen LogP contribution in [-0.4, -0.2) is 46.4 Å². The van der Waals surface area contributed by atoms with E-state index in [0.717, 1.165) is 42.9 Å². The van der Waals surface area contributed by atoms with Gasteiger partial charge in [-0.05, 0) is 30.9 Å². The molecule has 2 aromatic heterocycles. The number of carbonyl (C=O) groups excluding carboxylic acids is 1. The molecule has 1 aliphatic rings. The summed E-state index contributed by atoms with van der Waals surface area (Å²) in [5, 5.41) is 0. The van der Waals surface area contributed by atoms with Crippen molar-refractivity contribution in [2.45, 2.75) is 31.7 Å². The first kappa shape index (κ1) is 16.4. The first-order chi connectivity index (χ1) is 11.6. The van der Waals surface area contributed by atoms with E-state index in [2.05, 4.69) is 15.0 Å². The molecule has 3 heterocycles. The normalized spacial score (nSPS) is 17.1. The van der Waals surface area contributed by atoms with E-state index >= 15 is 0 Å². The molecule has 0 aromatic carbocycles. The van der Waals surface area contributed by atoms with Gasteiger partial charge in [0.05, 0.1) is 24.1 Å². The van der Waals surface area contributed by atoms with Gasteiger partial charge in [0.1, 0.15) is 5.82 Å². The van der Waals surface area contributed by atoms with Gasteiger partial charge in [-0.2, -0.15) is 0 Å². The Kier molecular flexibility index (Phi) is 5.03. The van der Waals surface area contributed by atoms with E-state index in [1.165, 1.54) is 0 Å². The molecule has 1 atom stereocenters. The summed E-state index contributed by atoms with van der Waals surface area (Å²) in [6.45, 7) is 0.796. The summed E-state index contributed by atoms with van der Waals surface area (Å²) in [4.78, 5) is 29.6. The maximum absolute atomic E-state index is 12.7. The maximum Gasteiger partial charge on any atom is 0.223 e. The summed E-state index contributed by atoms with van der Waals surface area (Å²) < 4.78 is 0. The Bertz CT molecular complexity index is 689. The molecule has 0 bridgehead atoms. The topological polar surface area (TPSA) is 62.2 Å². The quantitative estimate of drug-likeness (QED) is 0.843. The van der Waals surface area contributed by atoms with Gasteiger partial charge in [-0.1, -0.05) is 6.07 Å². The number of pyridine rings is 1. The van der Waals surface area contributed by atoms with Crippen LogP contribution in [0.25, 0.3) is 0 Å². The lowest BCUT2D eigenvalue weighted by molar-refractivity contribution is -0.132. The maximum atomic E-state index is 12.7. The minimum absolute atomic E-state index is 0.0406. The van der Waals surface area contributed by atoms with Crippen molar-refractivity contribution in [3.05, 3.63) is 48.2 Å². The van der Waals surface area contributed by atoms with Crippen LogP contribution in [0.4, 0.5) is 5.82 Å². The molecule has 24 heavy (non-hydrogen) atoms. The number of amides is 1. The Hall–Kier alpha value is -2.50. The van der Waals surface area contributed by atoms with E-state index in [0.29, 0.717) is 6.42 Å². The summed E-state index contributed by atoms with van der Waals surface area (Å²) in [6, 6.07) is 3.95. The SMILES string of the molecule is CN(C)c1cncc(C2CCCN2C(=O)CCc2cccnc2)n1. The highest BCUT2D eigenvalue weighted by Crippen LogP contribution is 2.31. The van der Waals surface area contributed by atoms with E-state index in [-0.39, 0.29) is 11.9 Å². The zero-order valence-corrected chi connectivity index (χ0v) is 14.2. The van der Waals surface area contributed by atoms with Crippen LogP contribution in [0.15, 0.2) is 36.9 Å². The van der Waals surface area contributed by atoms with Gasteiger partial charge in [0.25, 0.3) is 0 Å². The number of likely N-dealkylation sites (tertiary alicyclic amines) is 1. The van der Waals surface area contributed by atoms with Crippen LogP contribution in [0, 0.1) is 0 Å². The molecule has 126 valence electrons. The van der Waals surface area contributed by atoms with E-state index in [4.69, 9.17) is 0 Å². The van der Waals surface area contributed by atoms with Crippen molar-refractivity contribution < 1.29 is 4.79 Å². The van der Waals surface area contributed by atoms with E-state index in [1.54, 1.807) is 18.6 Å². The molecule has 1 unspecified atom stereocenters. The molecule has 1 fully saturated rings. The Balaban J connectivity index is 1.68. The molecule has 6 heteroatoms. The van der Waals surface area contributed by atoms with Gasteiger partial charge in [0, 0.05) is 39.5 Å². The second-order valence-corrected chi connectivity index (χ2v) is 6.30. The minimum Gasteiger partial charge on any atom is -0.361 e. The van der Waals surface area contributed by atoms with Crippen molar-refractivity contribution in [3.8, 4) is 0 Å². The second-order valence-electron chi connectivity index (χ2n) is 6.30. The molecule has 0 N–H and O–H groups in total. The molecule has 1 saturated heterocycles. The zero-order valence-electron chi connectivity index (χ0n) is 14.2. The first-order valence-electron chi connectivity index (χ1n) is 8.33. The Morgan fingerprint density at radius 3 is 2.92 bits per heavy atom. The summed E-state index contributed by atoms with van der Waals surface area (Å²) >= 11 is 0. The number of aromatic nitrogens is 3. The number of hydrogen-bond acceptors (Lipinski definition) is 5. The average Bonchev–Trinajstić information content (AvgIpc) is 3.10. The second kappa shape index (κ2) is 7.38. The highest BCUT2D eigenvalue weighted by molar-refractivity contribution is 5.77. The summed E-state index contributed by atoms with van der Waals surface area (Å²) in [5.74, 6) is 1.00. The van der Waals surface area contributed by atoms with Crippen LogP contribution in [0.5, 0.6) is 0 Å². The molecular weight excluding hydrogens is 302 g/mol. The molecule has 0 spiro atoms. The standard InChI is InChI=1S/C18H23N5O/c1-22(2)17-13-20-12-15(21-17)16-6-4-10-23(16)18(24)8-7-14-5-3-9-19-11-14/h3,5,9,11-13,16H,4,6-8,10H2,1-2H3. The van der Waals surface area contributed by atoms with Crippen molar-refractivity contribution in [1.82, 2.24) is 19.9 Å². The lowest BCUT2D eigenvalue weighted by Gasteiger charge is -2.25. The fourth-order valence-electron chi connectivity index (χ4n) is 3.06. The zero-order chi connectivity index (χ0) is 16.9. The molecule has 1 amide bonds. The van der Waals surface area contributed by atoms with Crippen molar-refractivity contribution in [3.63, 3.8) is 0 Å². The number of anilines is 1. The van der Waals surface area contributed by atoms with Gasteiger partial charge in [-0.3, -0.25) is 14.8 Å². The third-order valence-corrected chi connectivity index (χ3v) is 4.36. The number of aryl methyl sites for hydroxylation is 1. The average molecular weight is 325 g/mol. The molecule has 0 radical (unpaired) electrons. The fraction of sp³-hybridized carbons (Fsp3) is 0.444. The largest absolute Gasteiger partial charge is 0.361 e. The number of rotatable bonds is 5.